The Labute approximate surface area is 241 Å². The fraction of sp³-hybridized carbons (Fsp3) is 0.677. The molecule has 0 fully saturated rings. The van der Waals surface area contributed by atoms with E-state index in [-0.39, 0.29) is 18.7 Å². The number of amides is 4. The Morgan fingerprint density at radius 1 is 0.950 bits per heavy atom. The molecular weight excluding hydrogens is 508 g/mol. The first-order valence-electron chi connectivity index (χ1n) is 14.4. The first-order valence-corrected chi connectivity index (χ1v) is 14.4. The van der Waals surface area contributed by atoms with E-state index in [0.717, 1.165) is 42.4 Å². The number of primary amides is 1. The first-order chi connectivity index (χ1) is 18.5. The number of nitrogens with zero attached hydrogens (tertiary/aromatic N) is 1. The molecule has 0 aromatic heterocycles. The second-order valence-electron chi connectivity index (χ2n) is 12.6. The predicted molar refractivity (Wildman–Crippen MR) is 159 cm³/mol. The van der Waals surface area contributed by atoms with E-state index < -0.39 is 41.1 Å². The number of hydrogen-bond acceptors (Lipinski definition) is 5. The fourth-order valence-electron chi connectivity index (χ4n) is 4.57. The minimum atomic E-state index is -1.10. The molecule has 226 valence electrons. The fourth-order valence-corrected chi connectivity index (χ4v) is 4.57. The van der Waals surface area contributed by atoms with Crippen LogP contribution in [0, 0.1) is 13.8 Å². The topological polar surface area (TPSA) is 131 Å². The number of nitrogens with two attached hydrogens (primary N) is 1. The summed E-state index contributed by atoms with van der Waals surface area (Å²) in [7, 11) is 0. The van der Waals surface area contributed by atoms with Crippen LogP contribution in [0.15, 0.2) is 18.2 Å². The van der Waals surface area contributed by atoms with E-state index in [0.29, 0.717) is 13.0 Å². The van der Waals surface area contributed by atoms with Gasteiger partial charge < -0.3 is 26.0 Å². The quantitative estimate of drug-likeness (QED) is 0.269. The number of rotatable bonds is 14. The van der Waals surface area contributed by atoms with Crippen LogP contribution < -0.4 is 16.4 Å². The van der Waals surface area contributed by atoms with Crippen LogP contribution in [0.25, 0.3) is 0 Å². The molecule has 40 heavy (non-hydrogen) atoms. The molecule has 1 aromatic rings. The third-order valence-corrected chi connectivity index (χ3v) is 6.33. The monoisotopic (exact) mass is 560 g/mol. The zero-order valence-corrected chi connectivity index (χ0v) is 26.1. The largest absolute Gasteiger partial charge is 0.444 e. The Kier molecular flexibility index (Phi) is 13.6. The van der Waals surface area contributed by atoms with Crippen molar-refractivity contribution in [3.05, 3.63) is 34.9 Å². The lowest BCUT2D eigenvalue weighted by molar-refractivity contribution is -0.143. The standard InChI is InChI=1S/C31H52N4O5/c1-10-11-12-13-14-20-35(28(38)23(18-19-24(32)36)33-29(39)40-31(7,8)9)26(27(37)34-30(4,5)6)25-21(2)16-15-17-22(25)3/h15-17,23,26H,10-14,18-20H2,1-9H3,(H2,32,36)(H,33,39)(H,34,37). The number of unbranched alkanes of at least 4 members (excludes halogenated alkanes) is 4. The van der Waals surface area contributed by atoms with Crippen molar-refractivity contribution in [3.8, 4) is 0 Å². The molecule has 0 aliphatic heterocycles. The lowest BCUT2D eigenvalue weighted by atomic mass is 9.92. The van der Waals surface area contributed by atoms with Gasteiger partial charge in [0.1, 0.15) is 17.7 Å². The van der Waals surface area contributed by atoms with Gasteiger partial charge in [0.15, 0.2) is 0 Å². The predicted octanol–water partition coefficient (Wildman–Crippen LogP) is 5.22. The molecule has 0 aliphatic rings. The highest BCUT2D eigenvalue weighted by Crippen LogP contribution is 2.30. The molecule has 0 saturated heterocycles. The van der Waals surface area contributed by atoms with Crippen LogP contribution in [0.5, 0.6) is 0 Å². The maximum absolute atomic E-state index is 14.3. The molecule has 1 rings (SSSR count). The Bertz CT molecular complexity index is 990. The maximum Gasteiger partial charge on any atom is 0.408 e. The van der Waals surface area contributed by atoms with Crippen molar-refractivity contribution in [3.63, 3.8) is 0 Å². The van der Waals surface area contributed by atoms with Gasteiger partial charge >= 0.3 is 6.09 Å². The average Bonchev–Trinajstić information content (AvgIpc) is 2.79. The summed E-state index contributed by atoms with van der Waals surface area (Å²) in [5.74, 6) is -1.36. The Morgan fingerprint density at radius 3 is 2.02 bits per heavy atom. The summed E-state index contributed by atoms with van der Waals surface area (Å²) >= 11 is 0. The molecule has 0 spiro atoms. The van der Waals surface area contributed by atoms with Gasteiger partial charge in [0.25, 0.3) is 0 Å². The number of alkyl carbamates (subject to hydrolysis) is 1. The average molecular weight is 561 g/mol. The number of carbonyl (C=O) groups is 4. The summed E-state index contributed by atoms with van der Waals surface area (Å²) in [6.45, 7) is 17.1. The molecule has 0 radical (unpaired) electrons. The lowest BCUT2D eigenvalue weighted by Gasteiger charge is -2.37. The van der Waals surface area contributed by atoms with Crippen LogP contribution in [0.4, 0.5) is 4.79 Å². The van der Waals surface area contributed by atoms with Crippen LogP contribution >= 0.6 is 0 Å². The molecule has 0 saturated carbocycles. The van der Waals surface area contributed by atoms with Gasteiger partial charge in [0, 0.05) is 18.5 Å². The Balaban J connectivity index is 3.63. The van der Waals surface area contributed by atoms with Crippen LogP contribution in [0.1, 0.15) is 116 Å². The highest BCUT2D eigenvalue weighted by atomic mass is 16.6. The molecule has 2 unspecified atom stereocenters. The van der Waals surface area contributed by atoms with Gasteiger partial charge in [-0.2, -0.15) is 0 Å². The molecule has 0 aliphatic carbocycles. The van der Waals surface area contributed by atoms with Crippen molar-refractivity contribution in [2.75, 3.05) is 6.54 Å². The smallest absolute Gasteiger partial charge is 0.408 e. The number of carbonyl (C=O) groups excluding carboxylic acids is 4. The molecule has 0 bridgehead atoms. The van der Waals surface area contributed by atoms with Crippen LogP contribution in [0.3, 0.4) is 0 Å². The van der Waals surface area contributed by atoms with Crippen molar-refractivity contribution in [1.29, 1.82) is 0 Å². The summed E-state index contributed by atoms with van der Waals surface area (Å²) in [6.07, 6.45) is 3.85. The van der Waals surface area contributed by atoms with Gasteiger partial charge in [-0.15, -0.1) is 0 Å². The van der Waals surface area contributed by atoms with E-state index in [1.54, 1.807) is 25.7 Å². The number of ether oxygens (including phenoxy) is 1. The highest BCUT2D eigenvalue weighted by Gasteiger charge is 2.38. The minimum absolute atomic E-state index is 0.0138. The second-order valence-corrected chi connectivity index (χ2v) is 12.6. The molecule has 4 N–H and O–H groups in total. The maximum atomic E-state index is 14.3. The number of hydrogen-bond donors (Lipinski definition) is 3. The van der Waals surface area contributed by atoms with Gasteiger partial charge in [0.2, 0.25) is 17.7 Å². The zero-order chi connectivity index (χ0) is 30.7. The minimum Gasteiger partial charge on any atom is -0.444 e. The molecule has 9 nitrogen and oxygen atoms in total. The number of aryl methyl sites for hydroxylation is 2. The van der Waals surface area contributed by atoms with E-state index in [2.05, 4.69) is 17.6 Å². The van der Waals surface area contributed by atoms with E-state index >= 15 is 0 Å². The lowest BCUT2D eigenvalue weighted by Crippen LogP contribution is -2.55. The van der Waals surface area contributed by atoms with Gasteiger partial charge in [-0.3, -0.25) is 14.4 Å². The molecule has 9 heteroatoms. The Morgan fingerprint density at radius 2 is 1.52 bits per heavy atom. The van der Waals surface area contributed by atoms with E-state index in [1.165, 1.54) is 0 Å². The van der Waals surface area contributed by atoms with Crippen molar-refractivity contribution in [2.45, 2.75) is 130 Å². The molecular formula is C31H52N4O5. The summed E-state index contributed by atoms with van der Waals surface area (Å²) < 4.78 is 5.41. The Hall–Kier alpha value is -3.10. The van der Waals surface area contributed by atoms with Crippen molar-refractivity contribution < 1.29 is 23.9 Å². The second kappa shape index (κ2) is 15.6. The van der Waals surface area contributed by atoms with Crippen LogP contribution in [-0.2, 0) is 19.1 Å². The summed E-state index contributed by atoms with van der Waals surface area (Å²) in [4.78, 5) is 54.2. The molecule has 1 aromatic carbocycles. The van der Waals surface area contributed by atoms with Crippen LogP contribution in [0.2, 0.25) is 0 Å². The van der Waals surface area contributed by atoms with E-state index in [9.17, 15) is 19.2 Å². The van der Waals surface area contributed by atoms with Gasteiger partial charge in [-0.1, -0.05) is 50.8 Å². The van der Waals surface area contributed by atoms with Crippen molar-refractivity contribution >= 4 is 23.8 Å². The van der Waals surface area contributed by atoms with Crippen LogP contribution in [-0.4, -0.2) is 52.4 Å². The third-order valence-electron chi connectivity index (χ3n) is 6.33. The van der Waals surface area contributed by atoms with E-state index in [4.69, 9.17) is 10.5 Å². The highest BCUT2D eigenvalue weighted by molar-refractivity contribution is 5.93. The number of nitrogens with one attached hydrogen (secondary N) is 2. The first kappa shape index (κ1) is 34.9. The molecule has 4 amide bonds. The summed E-state index contributed by atoms with van der Waals surface area (Å²) in [6, 6.07) is 3.73. The SMILES string of the molecule is CCCCCCCN(C(=O)C(CCC(N)=O)NC(=O)OC(C)(C)C)C(C(=O)NC(C)(C)C)c1c(C)cccc1C. The summed E-state index contributed by atoms with van der Waals surface area (Å²) in [5, 5.41) is 5.71. The molecule has 0 heterocycles. The third kappa shape index (κ3) is 12.4. The number of benzene rings is 1. The van der Waals surface area contributed by atoms with Crippen molar-refractivity contribution in [2.24, 2.45) is 5.73 Å². The van der Waals surface area contributed by atoms with Crippen molar-refractivity contribution in [1.82, 2.24) is 15.5 Å². The summed E-state index contributed by atoms with van der Waals surface area (Å²) in [5.41, 5.74) is 6.60. The van der Waals surface area contributed by atoms with Gasteiger partial charge in [0.05, 0.1) is 0 Å². The van der Waals surface area contributed by atoms with Gasteiger partial charge in [-0.05, 0) is 84.9 Å². The molecule has 2 atom stereocenters. The van der Waals surface area contributed by atoms with Gasteiger partial charge in [-0.25, -0.2) is 4.79 Å². The normalized spacial score (nSPS) is 13.2. The zero-order valence-electron chi connectivity index (χ0n) is 26.1. The van der Waals surface area contributed by atoms with E-state index in [1.807, 2.05) is 52.8 Å².